The number of benzene rings is 2. The molecular formula is C19H16N2O. The Labute approximate surface area is 129 Å². The molecule has 0 atom stereocenters. The fourth-order valence-electron chi connectivity index (χ4n) is 2.46. The van der Waals surface area contributed by atoms with E-state index in [0.29, 0.717) is 12.0 Å². The summed E-state index contributed by atoms with van der Waals surface area (Å²) in [6.07, 6.45) is 4.48. The SMILES string of the molecule is COc1ccc(CC(C#N)=Cn2ccc3ccccc32)cc1. The van der Waals surface area contributed by atoms with E-state index in [1.165, 1.54) is 5.39 Å². The molecule has 0 unspecified atom stereocenters. The fraction of sp³-hybridized carbons (Fsp3) is 0.105. The average molecular weight is 288 g/mol. The lowest BCUT2D eigenvalue weighted by Crippen LogP contribution is -1.92. The molecule has 0 radical (unpaired) electrons. The predicted octanol–water partition coefficient (Wildman–Crippen LogP) is 4.26. The van der Waals surface area contributed by atoms with Gasteiger partial charge in [0.05, 0.1) is 24.3 Å². The van der Waals surface area contributed by atoms with Crippen molar-refractivity contribution in [2.75, 3.05) is 7.11 Å². The van der Waals surface area contributed by atoms with Crippen LogP contribution in [0.2, 0.25) is 0 Å². The second-order valence-corrected chi connectivity index (χ2v) is 5.07. The summed E-state index contributed by atoms with van der Waals surface area (Å²) in [5.41, 5.74) is 2.90. The zero-order valence-corrected chi connectivity index (χ0v) is 12.4. The van der Waals surface area contributed by atoms with E-state index in [1.807, 2.05) is 65.5 Å². The van der Waals surface area contributed by atoms with Crippen LogP contribution in [0.1, 0.15) is 5.56 Å². The third kappa shape index (κ3) is 2.87. The highest BCUT2D eigenvalue weighted by molar-refractivity contribution is 5.82. The van der Waals surface area contributed by atoms with Gasteiger partial charge < -0.3 is 9.30 Å². The molecule has 0 fully saturated rings. The number of methoxy groups -OCH3 is 1. The zero-order chi connectivity index (χ0) is 15.4. The van der Waals surface area contributed by atoms with Gasteiger partial charge in [-0.1, -0.05) is 30.3 Å². The summed E-state index contributed by atoms with van der Waals surface area (Å²) in [5, 5.41) is 10.6. The van der Waals surface area contributed by atoms with E-state index in [1.54, 1.807) is 7.11 Å². The number of nitrogens with zero attached hydrogens (tertiary/aromatic N) is 2. The van der Waals surface area contributed by atoms with Crippen molar-refractivity contribution >= 4 is 17.1 Å². The highest BCUT2D eigenvalue weighted by Crippen LogP contribution is 2.18. The summed E-state index contributed by atoms with van der Waals surface area (Å²) in [6, 6.07) is 20.3. The van der Waals surface area contributed by atoms with Crippen molar-refractivity contribution in [3.05, 3.63) is 71.9 Å². The molecule has 1 heterocycles. The smallest absolute Gasteiger partial charge is 0.118 e. The van der Waals surface area contributed by atoms with Crippen LogP contribution in [0.4, 0.5) is 0 Å². The molecule has 0 saturated heterocycles. The minimum absolute atomic E-state index is 0.604. The number of nitriles is 1. The van der Waals surface area contributed by atoms with Crippen LogP contribution >= 0.6 is 0 Å². The van der Waals surface area contributed by atoms with Gasteiger partial charge in [-0.25, -0.2) is 0 Å². The molecule has 0 spiro atoms. The van der Waals surface area contributed by atoms with Crippen LogP contribution in [0, 0.1) is 11.3 Å². The molecule has 3 aromatic rings. The van der Waals surface area contributed by atoms with Gasteiger partial charge in [0.2, 0.25) is 0 Å². The van der Waals surface area contributed by atoms with Gasteiger partial charge in [0.1, 0.15) is 5.75 Å². The van der Waals surface area contributed by atoms with Crippen molar-refractivity contribution in [3.8, 4) is 11.8 Å². The van der Waals surface area contributed by atoms with Crippen molar-refractivity contribution in [2.24, 2.45) is 0 Å². The molecular weight excluding hydrogens is 272 g/mol. The van der Waals surface area contributed by atoms with Gasteiger partial charge >= 0.3 is 0 Å². The predicted molar refractivity (Wildman–Crippen MR) is 88.5 cm³/mol. The van der Waals surface area contributed by atoms with Crippen LogP contribution in [-0.4, -0.2) is 11.7 Å². The van der Waals surface area contributed by atoms with E-state index in [2.05, 4.69) is 12.1 Å². The monoisotopic (exact) mass is 288 g/mol. The van der Waals surface area contributed by atoms with Gasteiger partial charge in [-0.15, -0.1) is 0 Å². The number of para-hydroxylation sites is 1. The minimum atomic E-state index is 0.604. The number of rotatable bonds is 4. The Kier molecular flexibility index (Phi) is 3.93. The molecule has 0 N–H and O–H groups in total. The summed E-state index contributed by atoms with van der Waals surface area (Å²) >= 11 is 0. The third-order valence-electron chi connectivity index (χ3n) is 3.62. The number of hydrogen-bond acceptors (Lipinski definition) is 2. The average Bonchev–Trinajstić information content (AvgIpc) is 2.98. The summed E-state index contributed by atoms with van der Waals surface area (Å²) < 4.78 is 7.15. The van der Waals surface area contributed by atoms with Crippen LogP contribution in [0.25, 0.3) is 17.1 Å². The standard InChI is InChI=1S/C19H16N2O/c1-22-18-8-6-15(7-9-18)12-16(13-20)14-21-11-10-17-4-2-3-5-19(17)21/h2-11,14H,12H2,1H3. The minimum Gasteiger partial charge on any atom is -0.497 e. The molecule has 108 valence electrons. The molecule has 0 amide bonds. The first-order chi connectivity index (χ1) is 10.8. The molecule has 0 aliphatic carbocycles. The quantitative estimate of drug-likeness (QED) is 0.673. The van der Waals surface area contributed by atoms with Crippen LogP contribution in [0.5, 0.6) is 5.75 Å². The van der Waals surface area contributed by atoms with Gasteiger partial charge in [-0.2, -0.15) is 5.26 Å². The number of allylic oxidation sites excluding steroid dienone is 1. The lowest BCUT2D eigenvalue weighted by Gasteiger charge is -2.04. The molecule has 0 bridgehead atoms. The fourth-order valence-corrected chi connectivity index (χ4v) is 2.46. The highest BCUT2D eigenvalue weighted by Gasteiger charge is 2.02. The van der Waals surface area contributed by atoms with E-state index in [9.17, 15) is 5.26 Å². The zero-order valence-electron chi connectivity index (χ0n) is 12.4. The van der Waals surface area contributed by atoms with Gasteiger partial charge in [0.15, 0.2) is 0 Å². The summed E-state index contributed by atoms with van der Waals surface area (Å²) in [5.74, 6) is 0.822. The number of ether oxygens (including phenoxy) is 1. The first kappa shape index (κ1) is 14.0. The molecule has 2 aromatic carbocycles. The Morgan fingerprint density at radius 2 is 1.91 bits per heavy atom. The molecule has 3 rings (SSSR count). The van der Waals surface area contributed by atoms with Crippen molar-refractivity contribution in [2.45, 2.75) is 6.42 Å². The second-order valence-electron chi connectivity index (χ2n) is 5.07. The van der Waals surface area contributed by atoms with E-state index in [-0.39, 0.29) is 0 Å². The first-order valence-electron chi connectivity index (χ1n) is 7.09. The Bertz CT molecular complexity index is 851. The topological polar surface area (TPSA) is 37.9 Å². The Morgan fingerprint density at radius 1 is 1.14 bits per heavy atom. The maximum Gasteiger partial charge on any atom is 0.118 e. The Balaban J connectivity index is 1.88. The van der Waals surface area contributed by atoms with Gasteiger partial charge in [-0.05, 0) is 35.2 Å². The molecule has 1 aromatic heterocycles. The van der Waals surface area contributed by atoms with E-state index in [0.717, 1.165) is 16.8 Å². The van der Waals surface area contributed by atoms with E-state index >= 15 is 0 Å². The normalized spacial score (nSPS) is 11.4. The van der Waals surface area contributed by atoms with Gasteiger partial charge in [-0.3, -0.25) is 0 Å². The third-order valence-corrected chi connectivity index (χ3v) is 3.62. The molecule has 0 saturated carbocycles. The van der Waals surface area contributed by atoms with Crippen LogP contribution in [0.3, 0.4) is 0 Å². The number of hydrogen-bond donors (Lipinski definition) is 0. The van der Waals surface area contributed by atoms with Gasteiger partial charge in [0, 0.05) is 18.8 Å². The highest BCUT2D eigenvalue weighted by atomic mass is 16.5. The van der Waals surface area contributed by atoms with Crippen molar-refractivity contribution in [3.63, 3.8) is 0 Å². The van der Waals surface area contributed by atoms with Crippen molar-refractivity contribution in [1.29, 1.82) is 5.26 Å². The summed E-state index contributed by atoms with van der Waals surface area (Å²) in [6.45, 7) is 0. The van der Waals surface area contributed by atoms with Gasteiger partial charge in [0.25, 0.3) is 0 Å². The summed E-state index contributed by atoms with van der Waals surface area (Å²) in [4.78, 5) is 0. The van der Waals surface area contributed by atoms with Crippen LogP contribution < -0.4 is 4.74 Å². The summed E-state index contributed by atoms with van der Waals surface area (Å²) in [7, 11) is 1.65. The second kappa shape index (κ2) is 6.19. The lowest BCUT2D eigenvalue weighted by molar-refractivity contribution is 0.414. The maximum atomic E-state index is 9.40. The molecule has 0 aliphatic rings. The molecule has 3 heteroatoms. The van der Waals surface area contributed by atoms with Crippen LogP contribution in [-0.2, 0) is 6.42 Å². The number of aromatic nitrogens is 1. The van der Waals surface area contributed by atoms with Crippen molar-refractivity contribution < 1.29 is 4.74 Å². The van der Waals surface area contributed by atoms with E-state index < -0.39 is 0 Å². The molecule has 3 nitrogen and oxygen atoms in total. The number of fused-ring (bicyclic) bond motifs is 1. The van der Waals surface area contributed by atoms with Crippen molar-refractivity contribution in [1.82, 2.24) is 4.57 Å². The Morgan fingerprint density at radius 3 is 2.64 bits per heavy atom. The largest absolute Gasteiger partial charge is 0.497 e. The first-order valence-corrected chi connectivity index (χ1v) is 7.09. The molecule has 22 heavy (non-hydrogen) atoms. The lowest BCUT2D eigenvalue weighted by atomic mass is 10.1. The Hall–Kier alpha value is -2.99. The van der Waals surface area contributed by atoms with E-state index in [4.69, 9.17) is 4.74 Å². The van der Waals surface area contributed by atoms with Crippen LogP contribution in [0.15, 0.2) is 66.4 Å². The maximum absolute atomic E-state index is 9.40. The molecule has 0 aliphatic heterocycles.